The van der Waals surface area contributed by atoms with Gasteiger partial charge < -0.3 is 52.3 Å². The Morgan fingerprint density at radius 1 is 0.746 bits per heavy atom. The number of nitrogens with zero attached hydrogens (tertiary/aromatic N) is 2. The van der Waals surface area contributed by atoms with Crippen molar-refractivity contribution in [3.63, 3.8) is 0 Å². The molecule has 342 valence electrons. The molecule has 5 rings (SSSR count). The SMILES string of the molecule is CC(C)[C@H]1NC(=O)[C@@H](Cc2ccccc2)NC(=O)[C@H]2CCCN2C(=O)CNC(=O)[C@H](CCC(N)=O)NC(=O)[C@H](O)[C@H](C[C@@H](O)CCCc2ccccc2)NC(=O)[C@H]2CCCN2C1=O. The Morgan fingerprint density at radius 3 is 1.97 bits per heavy atom. The molecule has 3 saturated heterocycles. The van der Waals surface area contributed by atoms with Gasteiger partial charge in [0.25, 0.3) is 5.91 Å². The van der Waals surface area contributed by atoms with Crippen LogP contribution in [-0.2, 0) is 51.2 Å². The number of aliphatic hydroxyl groups excluding tert-OH is 2. The number of benzene rings is 2. The van der Waals surface area contributed by atoms with Gasteiger partial charge in [0.1, 0.15) is 30.2 Å². The van der Waals surface area contributed by atoms with Crippen LogP contribution in [-0.4, -0.2) is 135 Å². The maximum atomic E-state index is 14.4. The monoisotopic (exact) mass is 874 g/mol. The first-order valence-electron chi connectivity index (χ1n) is 21.9. The molecule has 0 saturated carbocycles. The minimum atomic E-state index is -2.03. The number of nitrogens with two attached hydrogens (primary N) is 1. The number of aliphatic hydroxyl groups is 2. The van der Waals surface area contributed by atoms with Gasteiger partial charge in [0.15, 0.2) is 6.10 Å². The predicted octanol–water partition coefficient (Wildman–Crippen LogP) is -0.664. The summed E-state index contributed by atoms with van der Waals surface area (Å²) < 4.78 is 0. The van der Waals surface area contributed by atoms with E-state index in [1.165, 1.54) is 9.80 Å². The van der Waals surface area contributed by atoms with Crippen LogP contribution >= 0.6 is 0 Å². The number of primary amides is 1. The van der Waals surface area contributed by atoms with E-state index in [1.807, 2.05) is 36.4 Å². The first-order chi connectivity index (χ1) is 30.1. The van der Waals surface area contributed by atoms with Gasteiger partial charge in [-0.05, 0) is 74.8 Å². The zero-order chi connectivity index (χ0) is 45.6. The maximum Gasteiger partial charge on any atom is 0.251 e. The molecule has 3 fully saturated rings. The van der Waals surface area contributed by atoms with Crippen LogP contribution in [0.15, 0.2) is 60.7 Å². The van der Waals surface area contributed by atoms with Crippen molar-refractivity contribution in [2.45, 2.75) is 133 Å². The molecule has 9 N–H and O–H groups in total. The summed E-state index contributed by atoms with van der Waals surface area (Å²) in [5.41, 5.74) is 7.14. The maximum absolute atomic E-state index is 14.4. The van der Waals surface area contributed by atoms with Crippen molar-refractivity contribution < 1.29 is 48.6 Å². The van der Waals surface area contributed by atoms with Crippen LogP contribution in [0.5, 0.6) is 0 Å². The Hall–Kier alpha value is -5.88. The van der Waals surface area contributed by atoms with Gasteiger partial charge in [-0.3, -0.25) is 38.4 Å². The molecule has 2 aromatic carbocycles. The highest BCUT2D eigenvalue weighted by molar-refractivity contribution is 5.97. The smallest absolute Gasteiger partial charge is 0.251 e. The third-order valence-corrected chi connectivity index (χ3v) is 11.9. The molecule has 0 unspecified atom stereocenters. The molecule has 8 atom stereocenters. The number of hydrogen-bond donors (Lipinski definition) is 8. The molecule has 0 bridgehead atoms. The molecule has 3 aliphatic heterocycles. The molecule has 18 nitrogen and oxygen atoms in total. The lowest BCUT2D eigenvalue weighted by atomic mass is 9.97. The van der Waals surface area contributed by atoms with Crippen molar-refractivity contribution in [1.82, 2.24) is 36.4 Å². The molecular weight excluding hydrogens is 813 g/mol. The number of carbonyl (C=O) groups is 8. The van der Waals surface area contributed by atoms with Crippen molar-refractivity contribution in [2.24, 2.45) is 11.7 Å². The fourth-order valence-corrected chi connectivity index (χ4v) is 8.44. The fraction of sp³-hybridized carbons (Fsp3) is 0.556. The lowest BCUT2D eigenvalue weighted by Gasteiger charge is -2.33. The van der Waals surface area contributed by atoms with E-state index >= 15 is 0 Å². The van der Waals surface area contributed by atoms with E-state index in [4.69, 9.17) is 5.73 Å². The number of fused-ring (bicyclic) bond motifs is 2. The molecule has 3 heterocycles. The summed E-state index contributed by atoms with van der Waals surface area (Å²) in [6, 6.07) is 11.3. The Bertz CT molecular complexity index is 1930. The normalized spacial score (nSPS) is 26.3. The number of nitrogens with one attached hydrogen (secondary N) is 5. The summed E-state index contributed by atoms with van der Waals surface area (Å²) in [6.45, 7) is 3.24. The van der Waals surface area contributed by atoms with Crippen LogP contribution in [0.2, 0.25) is 0 Å². The van der Waals surface area contributed by atoms with Gasteiger partial charge in [-0.15, -0.1) is 0 Å². The van der Waals surface area contributed by atoms with Gasteiger partial charge >= 0.3 is 0 Å². The topological polar surface area (TPSA) is 270 Å². The lowest BCUT2D eigenvalue weighted by molar-refractivity contribution is -0.144. The first-order valence-corrected chi connectivity index (χ1v) is 21.9. The highest BCUT2D eigenvalue weighted by atomic mass is 16.3. The zero-order valence-corrected chi connectivity index (χ0v) is 36.0. The van der Waals surface area contributed by atoms with Crippen LogP contribution in [0.1, 0.15) is 82.8 Å². The minimum absolute atomic E-state index is 0.0587. The van der Waals surface area contributed by atoms with Crippen LogP contribution in [0, 0.1) is 5.92 Å². The van der Waals surface area contributed by atoms with Crippen LogP contribution < -0.4 is 32.3 Å². The lowest BCUT2D eigenvalue weighted by Crippen LogP contribution is -2.61. The number of rotatable bonds is 12. The predicted molar refractivity (Wildman–Crippen MR) is 230 cm³/mol. The average molecular weight is 875 g/mol. The van der Waals surface area contributed by atoms with E-state index in [9.17, 15) is 48.6 Å². The highest BCUT2D eigenvalue weighted by Crippen LogP contribution is 2.23. The van der Waals surface area contributed by atoms with Gasteiger partial charge in [-0.2, -0.15) is 0 Å². The Balaban J connectivity index is 1.46. The van der Waals surface area contributed by atoms with Crippen molar-refractivity contribution in [3.05, 3.63) is 71.8 Å². The molecule has 18 heteroatoms. The third-order valence-electron chi connectivity index (χ3n) is 11.9. The van der Waals surface area contributed by atoms with E-state index in [1.54, 1.807) is 38.1 Å². The highest BCUT2D eigenvalue weighted by Gasteiger charge is 2.42. The molecule has 0 aliphatic carbocycles. The Kier molecular flexibility index (Phi) is 17.6. The molecule has 0 spiro atoms. The molecule has 2 aromatic rings. The van der Waals surface area contributed by atoms with Gasteiger partial charge in [0, 0.05) is 25.9 Å². The van der Waals surface area contributed by atoms with E-state index < -0.39 is 108 Å². The van der Waals surface area contributed by atoms with E-state index in [2.05, 4.69) is 26.6 Å². The largest absolute Gasteiger partial charge is 0.393 e. The molecule has 63 heavy (non-hydrogen) atoms. The van der Waals surface area contributed by atoms with E-state index in [-0.39, 0.29) is 58.0 Å². The zero-order valence-electron chi connectivity index (χ0n) is 36.0. The van der Waals surface area contributed by atoms with Crippen LogP contribution in [0.3, 0.4) is 0 Å². The third kappa shape index (κ3) is 13.6. The fourth-order valence-electron chi connectivity index (χ4n) is 8.44. The molecule has 3 aliphatic rings. The second kappa shape index (κ2) is 23.0. The summed E-state index contributed by atoms with van der Waals surface area (Å²) in [5, 5.41) is 36.0. The molecule has 0 aromatic heterocycles. The second-order valence-electron chi connectivity index (χ2n) is 17.0. The molecular formula is C45H62N8O10. The first kappa shape index (κ1) is 48.2. The summed E-state index contributed by atoms with van der Waals surface area (Å²) in [7, 11) is 0. The van der Waals surface area contributed by atoms with Crippen LogP contribution in [0.25, 0.3) is 0 Å². The standard InChI is InChI=1S/C45H62N8O10/c1-27(2)38-45(63)53-23-11-19-35(53)43(61)49-32(25-30(54)17-9-16-28-12-5-3-6-13-28)39(57)44(62)48-31(20-21-36(46)55)40(58)47-26-37(56)52-22-10-18-34(52)42(60)50-33(41(59)51-38)24-29-14-7-4-8-15-29/h3-8,12-15,27,30-35,38-39,54,57H,9-11,16-26H2,1-2H3,(H2,46,55)(H,47,58)(H,48,62)(H,49,61)(H,50,60)(H,51,59)/t30-,31-,32-,33+,34+,35+,38+,39+/m0/s1. The van der Waals surface area contributed by atoms with Crippen molar-refractivity contribution in [1.29, 1.82) is 0 Å². The number of carbonyl (C=O) groups excluding carboxylic acids is 8. The summed E-state index contributed by atoms with van der Waals surface area (Å²) in [6.07, 6.45) is -1.18. The average Bonchev–Trinajstić information content (AvgIpc) is 3.97. The number of aryl methyl sites for hydroxylation is 1. The summed E-state index contributed by atoms with van der Waals surface area (Å²) >= 11 is 0. The second-order valence-corrected chi connectivity index (χ2v) is 17.0. The summed E-state index contributed by atoms with van der Waals surface area (Å²) in [4.78, 5) is 112. The Labute approximate surface area is 367 Å². The van der Waals surface area contributed by atoms with Crippen molar-refractivity contribution >= 4 is 47.3 Å². The Morgan fingerprint density at radius 2 is 1.33 bits per heavy atom. The van der Waals surface area contributed by atoms with E-state index in [0.29, 0.717) is 25.7 Å². The molecule has 8 amide bonds. The molecule has 0 radical (unpaired) electrons. The van der Waals surface area contributed by atoms with Crippen molar-refractivity contribution in [2.75, 3.05) is 19.6 Å². The van der Waals surface area contributed by atoms with Crippen LogP contribution in [0.4, 0.5) is 0 Å². The van der Waals surface area contributed by atoms with Gasteiger partial charge in [-0.25, -0.2) is 0 Å². The number of hydrogen-bond acceptors (Lipinski definition) is 10. The number of amides is 8. The van der Waals surface area contributed by atoms with Gasteiger partial charge in [0.2, 0.25) is 41.4 Å². The summed E-state index contributed by atoms with van der Waals surface area (Å²) in [5.74, 6) is -6.37. The minimum Gasteiger partial charge on any atom is -0.393 e. The van der Waals surface area contributed by atoms with Gasteiger partial charge in [0.05, 0.1) is 18.7 Å². The van der Waals surface area contributed by atoms with Crippen molar-refractivity contribution in [3.8, 4) is 0 Å². The quantitative estimate of drug-likeness (QED) is 0.133. The van der Waals surface area contributed by atoms with Gasteiger partial charge in [-0.1, -0.05) is 74.5 Å². The van der Waals surface area contributed by atoms with E-state index in [0.717, 1.165) is 11.1 Å².